The number of H-pyrrole nitrogens is 1. The topological polar surface area (TPSA) is 119 Å². The van der Waals surface area contributed by atoms with Crippen LogP contribution in [0.3, 0.4) is 0 Å². The lowest BCUT2D eigenvalue weighted by atomic mass is 9.89. The highest BCUT2D eigenvalue weighted by atomic mass is 32.1. The highest BCUT2D eigenvalue weighted by Crippen LogP contribution is 2.34. The molecule has 2 saturated heterocycles. The summed E-state index contributed by atoms with van der Waals surface area (Å²) in [7, 11) is 0. The Labute approximate surface area is 271 Å². The van der Waals surface area contributed by atoms with Crippen LogP contribution in [0.4, 0.5) is 0 Å². The van der Waals surface area contributed by atoms with Crippen molar-refractivity contribution in [3.8, 4) is 5.75 Å². The van der Waals surface area contributed by atoms with E-state index in [1.54, 1.807) is 17.4 Å². The summed E-state index contributed by atoms with van der Waals surface area (Å²) in [5, 5.41) is 23.7. The predicted molar refractivity (Wildman–Crippen MR) is 178 cm³/mol. The Morgan fingerprint density at radius 1 is 1.13 bits per heavy atom. The van der Waals surface area contributed by atoms with Gasteiger partial charge in [0.15, 0.2) is 0 Å². The third kappa shape index (κ3) is 7.33. The number of carbonyl (C=O) groups excluding carboxylic acids is 1. The Balaban J connectivity index is 0.967. The number of aromatic nitrogens is 2. The third-order valence-corrected chi connectivity index (χ3v) is 11.2. The number of aromatic hydroxyl groups is 1. The van der Waals surface area contributed by atoms with Crippen LogP contribution in [0, 0.1) is 0 Å². The lowest BCUT2D eigenvalue weighted by Crippen LogP contribution is -2.58. The van der Waals surface area contributed by atoms with E-state index in [1.807, 2.05) is 10.3 Å². The molecule has 3 N–H and O–H groups in total. The Hall–Kier alpha value is -3.09. The molecule has 45 heavy (non-hydrogen) atoms. The molecule has 0 aliphatic carbocycles. The molecule has 4 heterocycles. The van der Waals surface area contributed by atoms with E-state index in [9.17, 15) is 19.8 Å². The van der Waals surface area contributed by atoms with Crippen LogP contribution in [0.15, 0.2) is 46.6 Å². The molecular formula is C34H42N4O5S2. The van der Waals surface area contributed by atoms with E-state index >= 15 is 0 Å². The summed E-state index contributed by atoms with van der Waals surface area (Å²) in [4.78, 5) is 36.4. The number of likely N-dealkylation sites (tertiary alicyclic amines) is 1. The van der Waals surface area contributed by atoms with E-state index in [4.69, 9.17) is 4.74 Å². The number of phenolic OH excluding ortho intramolecular Hbond substituents is 1. The highest BCUT2D eigenvalue weighted by Gasteiger charge is 2.41. The SMILES string of the molecule is CC(C)c1nc(C(=O)N2CCOC3(CCN(Cc4cccc(CCCC[C@H](O)c5ccc(O)c6[nH]c(=O)sc56)c4)CC3)C2)cs1. The maximum Gasteiger partial charge on any atom is 0.305 e. The van der Waals surface area contributed by atoms with Gasteiger partial charge in [0.2, 0.25) is 0 Å². The second-order valence-electron chi connectivity index (χ2n) is 12.7. The molecular weight excluding hydrogens is 609 g/mol. The van der Waals surface area contributed by atoms with E-state index in [1.165, 1.54) is 17.2 Å². The fraction of sp³-hybridized carbons (Fsp3) is 0.500. The number of nitrogens with one attached hydrogen (secondary N) is 1. The maximum absolute atomic E-state index is 13.2. The van der Waals surface area contributed by atoms with Gasteiger partial charge < -0.3 is 24.8 Å². The molecule has 4 aromatic rings. The number of fused-ring (bicyclic) bond motifs is 1. The zero-order valence-electron chi connectivity index (χ0n) is 26.0. The second kappa shape index (κ2) is 13.7. The number of hydrogen-bond acceptors (Lipinski definition) is 9. The first-order valence-corrected chi connectivity index (χ1v) is 17.6. The third-order valence-electron chi connectivity index (χ3n) is 9.08. The van der Waals surface area contributed by atoms with Crippen molar-refractivity contribution in [3.63, 3.8) is 0 Å². The minimum Gasteiger partial charge on any atom is -0.506 e. The van der Waals surface area contributed by atoms with Gasteiger partial charge in [-0.1, -0.05) is 61.9 Å². The summed E-state index contributed by atoms with van der Waals surface area (Å²) < 4.78 is 6.95. The van der Waals surface area contributed by atoms with E-state index in [0.29, 0.717) is 53.5 Å². The van der Waals surface area contributed by atoms with Crippen LogP contribution in [0.5, 0.6) is 5.75 Å². The van der Waals surface area contributed by atoms with Crippen molar-refractivity contribution < 1.29 is 19.7 Å². The van der Waals surface area contributed by atoms with Crippen molar-refractivity contribution in [2.75, 3.05) is 32.8 Å². The first-order chi connectivity index (χ1) is 21.7. The van der Waals surface area contributed by atoms with Gasteiger partial charge in [0, 0.05) is 43.0 Å². The summed E-state index contributed by atoms with van der Waals surface area (Å²) in [6.07, 6.45) is 4.44. The number of phenols is 1. The Bertz CT molecular complexity index is 1690. The molecule has 6 rings (SSSR count). The predicted octanol–water partition coefficient (Wildman–Crippen LogP) is 5.83. The van der Waals surface area contributed by atoms with Crippen LogP contribution in [-0.2, 0) is 17.7 Å². The van der Waals surface area contributed by atoms with Gasteiger partial charge in [0.05, 0.1) is 34.6 Å². The lowest BCUT2D eigenvalue weighted by molar-refractivity contribution is -0.128. The molecule has 2 aliphatic rings. The molecule has 11 heteroatoms. The Morgan fingerprint density at radius 2 is 1.93 bits per heavy atom. The van der Waals surface area contributed by atoms with Crippen LogP contribution >= 0.6 is 22.7 Å². The summed E-state index contributed by atoms with van der Waals surface area (Å²) >= 11 is 2.58. The normalized spacial score (nSPS) is 17.8. The van der Waals surface area contributed by atoms with E-state index < -0.39 is 6.10 Å². The summed E-state index contributed by atoms with van der Waals surface area (Å²) in [6.45, 7) is 8.75. The Kier molecular flexibility index (Phi) is 9.72. The minimum atomic E-state index is -0.684. The number of carbonyl (C=O) groups is 1. The largest absolute Gasteiger partial charge is 0.506 e. The lowest BCUT2D eigenvalue weighted by Gasteiger charge is -2.47. The number of aryl methyl sites for hydroxylation is 1. The molecule has 0 bridgehead atoms. The zero-order valence-corrected chi connectivity index (χ0v) is 27.6. The van der Waals surface area contributed by atoms with Gasteiger partial charge in [-0.2, -0.15) is 0 Å². The molecule has 1 amide bonds. The number of rotatable bonds is 10. The smallest absolute Gasteiger partial charge is 0.305 e. The van der Waals surface area contributed by atoms with Crippen molar-refractivity contribution in [1.29, 1.82) is 0 Å². The summed E-state index contributed by atoms with van der Waals surface area (Å²) in [6, 6.07) is 12.0. The van der Waals surface area contributed by atoms with Crippen molar-refractivity contribution in [1.82, 2.24) is 19.8 Å². The fourth-order valence-electron chi connectivity index (χ4n) is 6.52. The quantitative estimate of drug-likeness (QED) is 0.185. The number of thiazole rings is 2. The molecule has 2 aromatic heterocycles. The fourth-order valence-corrected chi connectivity index (χ4v) is 8.25. The van der Waals surface area contributed by atoms with E-state index in [2.05, 4.69) is 53.0 Å². The number of nitrogens with zero attached hydrogens (tertiary/aromatic N) is 3. The second-order valence-corrected chi connectivity index (χ2v) is 14.6. The molecule has 240 valence electrons. The van der Waals surface area contributed by atoms with E-state index in [0.717, 1.165) is 68.1 Å². The van der Waals surface area contributed by atoms with Crippen LogP contribution in [0.1, 0.15) is 90.2 Å². The number of amides is 1. The average molecular weight is 651 g/mol. The molecule has 0 radical (unpaired) electrons. The van der Waals surface area contributed by atoms with E-state index in [-0.39, 0.29) is 22.1 Å². The number of benzene rings is 2. The number of ether oxygens (including phenoxy) is 1. The molecule has 0 saturated carbocycles. The van der Waals surface area contributed by atoms with Gasteiger partial charge in [0.1, 0.15) is 17.0 Å². The van der Waals surface area contributed by atoms with Crippen LogP contribution < -0.4 is 4.87 Å². The van der Waals surface area contributed by atoms with Gasteiger partial charge in [0.25, 0.3) is 5.91 Å². The molecule has 2 fully saturated rings. The van der Waals surface area contributed by atoms with Gasteiger partial charge in [-0.05, 0) is 49.3 Å². The highest BCUT2D eigenvalue weighted by molar-refractivity contribution is 7.16. The van der Waals surface area contributed by atoms with Gasteiger partial charge in [-0.25, -0.2) is 4.98 Å². The summed E-state index contributed by atoms with van der Waals surface area (Å²) in [5.41, 5.74) is 3.95. The number of aliphatic hydroxyl groups excluding tert-OH is 1. The first-order valence-electron chi connectivity index (χ1n) is 15.9. The minimum absolute atomic E-state index is 0.0197. The molecule has 1 spiro atoms. The van der Waals surface area contributed by atoms with Crippen LogP contribution in [0.25, 0.3) is 10.2 Å². The van der Waals surface area contributed by atoms with Gasteiger partial charge in [-0.3, -0.25) is 14.5 Å². The molecule has 1 atom stereocenters. The van der Waals surface area contributed by atoms with Gasteiger partial charge >= 0.3 is 4.87 Å². The van der Waals surface area contributed by atoms with Crippen molar-refractivity contribution in [2.24, 2.45) is 0 Å². The monoisotopic (exact) mass is 650 g/mol. The molecule has 2 aliphatic heterocycles. The average Bonchev–Trinajstić information content (AvgIpc) is 3.69. The van der Waals surface area contributed by atoms with Gasteiger partial charge in [-0.15, -0.1) is 11.3 Å². The van der Waals surface area contributed by atoms with Crippen molar-refractivity contribution in [3.05, 3.63) is 78.8 Å². The number of hydrogen-bond donors (Lipinski definition) is 3. The maximum atomic E-state index is 13.2. The number of unbranched alkanes of at least 4 members (excludes halogenated alkanes) is 1. The number of aliphatic hydroxyl groups is 1. The van der Waals surface area contributed by atoms with Crippen LogP contribution in [0.2, 0.25) is 0 Å². The molecule has 0 unspecified atom stereocenters. The zero-order chi connectivity index (χ0) is 31.6. The molecule has 2 aromatic carbocycles. The standard InChI is InChI=1S/C34H42N4O5S2/c1-22(2)31-35-26(20-44-31)32(41)38-16-17-43-34(21-38)12-14-37(15-13-34)19-24-8-5-7-23(18-24)6-3-4-9-27(39)25-10-11-28(40)29-30(25)45-33(42)36-29/h5,7-8,10-11,18,20,22,27,39-40H,3-4,6,9,12-17,19,21H2,1-2H3,(H,36,42)/t27-/m0/s1. The number of piperidine rings is 1. The molecule has 9 nitrogen and oxygen atoms in total. The first kappa shape index (κ1) is 31.9. The van der Waals surface area contributed by atoms with Crippen molar-refractivity contribution >= 4 is 38.8 Å². The number of aromatic amines is 1. The van der Waals surface area contributed by atoms with Crippen molar-refractivity contribution in [2.45, 2.75) is 76.5 Å². The van der Waals surface area contributed by atoms with Crippen LogP contribution in [-0.4, -0.2) is 74.3 Å². The number of morpholine rings is 1. The summed E-state index contributed by atoms with van der Waals surface area (Å²) in [5.74, 6) is 0.365. The Morgan fingerprint density at radius 3 is 2.71 bits per heavy atom.